The fourth-order valence-corrected chi connectivity index (χ4v) is 3.19. The summed E-state index contributed by atoms with van der Waals surface area (Å²) >= 11 is 0. The number of amides is 2. The number of nitro groups is 1. The maximum Gasteiger partial charge on any atom is 0.323 e. The summed E-state index contributed by atoms with van der Waals surface area (Å²) in [6.07, 6.45) is 1.41. The van der Waals surface area contributed by atoms with Crippen LogP contribution in [0, 0.1) is 15.9 Å². The summed E-state index contributed by atoms with van der Waals surface area (Å²) < 4.78 is 19.5. The molecule has 10 nitrogen and oxygen atoms in total. The number of ether oxygens (including phenoxy) is 1. The second-order valence-electron chi connectivity index (χ2n) is 7.77. The van der Waals surface area contributed by atoms with E-state index in [1.807, 2.05) is 0 Å². The molecule has 2 aromatic rings. The number of halogens is 1. The van der Waals surface area contributed by atoms with Gasteiger partial charge in [-0.3, -0.25) is 20.3 Å². The van der Waals surface area contributed by atoms with Crippen molar-refractivity contribution in [2.75, 3.05) is 38.0 Å². The molecule has 0 aliphatic carbocycles. The van der Waals surface area contributed by atoms with Crippen molar-refractivity contribution in [2.45, 2.75) is 19.4 Å². The van der Waals surface area contributed by atoms with E-state index < -0.39 is 10.7 Å². The van der Waals surface area contributed by atoms with Crippen molar-refractivity contribution in [1.29, 1.82) is 0 Å². The van der Waals surface area contributed by atoms with E-state index in [1.165, 1.54) is 24.4 Å². The number of nitrogens with two attached hydrogens (primary N) is 1. The molecule has 1 aliphatic rings. The van der Waals surface area contributed by atoms with Gasteiger partial charge in [-0.25, -0.2) is 14.2 Å². The zero-order valence-electron chi connectivity index (χ0n) is 17.4. The summed E-state index contributed by atoms with van der Waals surface area (Å²) in [7, 11) is 0. The van der Waals surface area contributed by atoms with Gasteiger partial charge in [0.2, 0.25) is 0 Å². The van der Waals surface area contributed by atoms with Gasteiger partial charge in [0.1, 0.15) is 11.6 Å². The molecule has 0 saturated carbocycles. The van der Waals surface area contributed by atoms with Gasteiger partial charge in [-0.05, 0) is 26.0 Å². The maximum atomic E-state index is 14.1. The molecule has 2 heterocycles. The second-order valence-corrected chi connectivity index (χ2v) is 7.77. The molecule has 3 N–H and O–H groups in total. The maximum absolute atomic E-state index is 14.1. The molecule has 3 rings (SSSR count). The molecule has 0 atom stereocenters. The number of carbonyl (C=O) groups excluding carboxylic acids is 1. The predicted octanol–water partition coefficient (Wildman–Crippen LogP) is 2.81. The van der Waals surface area contributed by atoms with Gasteiger partial charge in [0.25, 0.3) is 5.69 Å². The number of hydrogen-bond donors (Lipinski definition) is 2. The van der Waals surface area contributed by atoms with Gasteiger partial charge >= 0.3 is 6.03 Å². The Balaban J connectivity index is 1.61. The summed E-state index contributed by atoms with van der Waals surface area (Å²) in [6.45, 7) is 7.23. The Morgan fingerprint density at radius 1 is 1.29 bits per heavy atom. The van der Waals surface area contributed by atoms with Crippen molar-refractivity contribution in [2.24, 2.45) is 5.73 Å². The number of nitrogens with zero attached hydrogens (tertiary/aromatic N) is 4. The molecule has 11 heteroatoms. The quantitative estimate of drug-likeness (QED) is 0.531. The number of nitro benzene ring substituents is 1. The lowest BCUT2D eigenvalue weighted by Crippen LogP contribution is -2.58. The molecular weight excluding hydrogens is 407 g/mol. The highest BCUT2D eigenvalue weighted by molar-refractivity contribution is 5.88. The van der Waals surface area contributed by atoms with Crippen LogP contribution in [0.15, 0.2) is 36.5 Å². The average molecular weight is 432 g/mol. The van der Waals surface area contributed by atoms with Crippen LogP contribution in [0.1, 0.15) is 13.8 Å². The summed E-state index contributed by atoms with van der Waals surface area (Å²) in [6, 6.07) is 5.75. The van der Waals surface area contributed by atoms with Crippen molar-refractivity contribution in [3.05, 3.63) is 52.5 Å². The molecular formula is C20H25FN6O4. The third-order valence-electron chi connectivity index (χ3n) is 5.24. The SMILES string of the molecule is CC(C)(CN)N1CCN(C(=O)Nc2cc(Oc3ccc([N+](=O)[O-])cc3F)ccn2)CC1. The molecule has 1 aromatic carbocycles. The van der Waals surface area contributed by atoms with Crippen LogP contribution in [-0.2, 0) is 0 Å². The third-order valence-corrected chi connectivity index (χ3v) is 5.24. The molecule has 0 unspecified atom stereocenters. The first-order valence-electron chi connectivity index (χ1n) is 9.78. The molecule has 166 valence electrons. The third kappa shape index (κ3) is 5.44. The zero-order valence-corrected chi connectivity index (χ0v) is 17.4. The van der Waals surface area contributed by atoms with Crippen molar-refractivity contribution in [3.8, 4) is 11.5 Å². The minimum absolute atomic E-state index is 0.122. The minimum Gasteiger partial charge on any atom is -0.454 e. The molecule has 1 aromatic heterocycles. The number of rotatable bonds is 6. The van der Waals surface area contributed by atoms with Crippen LogP contribution in [0.5, 0.6) is 11.5 Å². The highest BCUT2D eigenvalue weighted by Crippen LogP contribution is 2.28. The first kappa shape index (κ1) is 22.4. The fourth-order valence-electron chi connectivity index (χ4n) is 3.19. The van der Waals surface area contributed by atoms with Gasteiger partial charge in [-0.2, -0.15) is 0 Å². The lowest BCUT2D eigenvalue weighted by molar-refractivity contribution is -0.385. The topological polar surface area (TPSA) is 127 Å². The Bertz CT molecular complexity index is 962. The van der Waals surface area contributed by atoms with Crippen LogP contribution < -0.4 is 15.8 Å². The van der Waals surface area contributed by atoms with E-state index in [9.17, 15) is 19.3 Å². The normalized spacial score (nSPS) is 14.9. The zero-order chi connectivity index (χ0) is 22.6. The van der Waals surface area contributed by atoms with Crippen molar-refractivity contribution >= 4 is 17.5 Å². The molecule has 0 radical (unpaired) electrons. The predicted molar refractivity (Wildman–Crippen MR) is 113 cm³/mol. The number of carbonyl (C=O) groups is 1. The van der Waals surface area contributed by atoms with Crippen LogP contribution in [0.3, 0.4) is 0 Å². The standard InChI is InChI=1S/C20H25FN6O4/c1-20(2,13-22)26-9-7-25(8-10-26)19(28)24-18-12-15(5-6-23-18)31-17-4-3-14(27(29)30)11-16(17)21/h3-6,11-12H,7-10,13,22H2,1-2H3,(H,23,24,28). The molecule has 1 fully saturated rings. The van der Waals surface area contributed by atoms with Gasteiger partial charge < -0.3 is 15.4 Å². The lowest BCUT2D eigenvalue weighted by Gasteiger charge is -2.43. The van der Waals surface area contributed by atoms with Gasteiger partial charge in [0, 0.05) is 56.6 Å². The van der Waals surface area contributed by atoms with Crippen molar-refractivity contribution in [3.63, 3.8) is 0 Å². The van der Waals surface area contributed by atoms with Crippen LogP contribution in [0.25, 0.3) is 0 Å². The Hall–Kier alpha value is -3.31. The number of benzene rings is 1. The smallest absolute Gasteiger partial charge is 0.323 e. The van der Waals surface area contributed by atoms with Gasteiger partial charge in [0.15, 0.2) is 11.6 Å². The van der Waals surface area contributed by atoms with E-state index in [1.54, 1.807) is 4.90 Å². The Labute approximate surface area is 178 Å². The number of anilines is 1. The number of nitrogens with one attached hydrogen (secondary N) is 1. The van der Waals surface area contributed by atoms with Gasteiger partial charge in [-0.1, -0.05) is 0 Å². The van der Waals surface area contributed by atoms with E-state index in [0.717, 1.165) is 12.1 Å². The van der Waals surface area contributed by atoms with Crippen LogP contribution in [0.2, 0.25) is 0 Å². The molecule has 1 aliphatic heterocycles. The van der Waals surface area contributed by atoms with Crippen molar-refractivity contribution in [1.82, 2.24) is 14.8 Å². The van der Waals surface area contributed by atoms with Crippen LogP contribution >= 0.6 is 0 Å². The molecule has 2 amide bonds. The summed E-state index contributed by atoms with van der Waals surface area (Å²) in [5.41, 5.74) is 5.33. The molecule has 0 spiro atoms. The number of aromatic nitrogens is 1. The highest BCUT2D eigenvalue weighted by Gasteiger charge is 2.30. The van der Waals surface area contributed by atoms with Crippen LogP contribution in [-0.4, -0.2) is 64.0 Å². The fraction of sp³-hybridized carbons (Fsp3) is 0.400. The van der Waals surface area contributed by atoms with E-state index in [2.05, 4.69) is 29.0 Å². The summed E-state index contributed by atoms with van der Waals surface area (Å²) in [5.74, 6) is -0.565. The number of piperazine rings is 1. The minimum atomic E-state index is -0.866. The number of urea groups is 1. The van der Waals surface area contributed by atoms with E-state index >= 15 is 0 Å². The molecule has 0 bridgehead atoms. The van der Waals surface area contributed by atoms with Gasteiger partial charge in [-0.15, -0.1) is 0 Å². The summed E-state index contributed by atoms with van der Waals surface area (Å²) in [5, 5.41) is 13.4. The largest absolute Gasteiger partial charge is 0.454 e. The van der Waals surface area contributed by atoms with Crippen LogP contribution in [0.4, 0.5) is 20.7 Å². The van der Waals surface area contributed by atoms with Crippen molar-refractivity contribution < 1.29 is 18.8 Å². The Kier molecular flexibility index (Phi) is 6.66. The summed E-state index contributed by atoms with van der Waals surface area (Å²) in [4.78, 5) is 30.7. The number of hydrogen-bond acceptors (Lipinski definition) is 7. The highest BCUT2D eigenvalue weighted by atomic mass is 19.1. The molecule has 31 heavy (non-hydrogen) atoms. The van der Waals surface area contributed by atoms with E-state index in [4.69, 9.17) is 10.5 Å². The number of pyridine rings is 1. The Morgan fingerprint density at radius 2 is 2.00 bits per heavy atom. The first-order valence-corrected chi connectivity index (χ1v) is 9.78. The first-order chi connectivity index (χ1) is 14.7. The second kappa shape index (κ2) is 9.23. The number of non-ortho nitro benzene ring substituents is 1. The average Bonchev–Trinajstić information content (AvgIpc) is 2.75. The molecule has 1 saturated heterocycles. The monoisotopic (exact) mass is 432 g/mol. The lowest BCUT2D eigenvalue weighted by atomic mass is 10.0. The van der Waals surface area contributed by atoms with E-state index in [0.29, 0.717) is 32.7 Å². The van der Waals surface area contributed by atoms with E-state index in [-0.39, 0.29) is 34.6 Å². The Morgan fingerprint density at radius 3 is 2.61 bits per heavy atom. The van der Waals surface area contributed by atoms with Gasteiger partial charge in [0.05, 0.1) is 11.0 Å².